The van der Waals surface area contributed by atoms with Gasteiger partial charge in [-0.2, -0.15) is 0 Å². The number of nitrogens with two attached hydrogens (primary N) is 1. The number of hydrogen-bond donors (Lipinski definition) is 1. The summed E-state index contributed by atoms with van der Waals surface area (Å²) in [6.07, 6.45) is 0.807. The van der Waals surface area contributed by atoms with Crippen LogP contribution in [0.1, 0.15) is 16.7 Å². The topological polar surface area (TPSA) is 35.2 Å². The summed E-state index contributed by atoms with van der Waals surface area (Å²) in [6, 6.07) is 13.8. The normalized spacial score (nSPS) is 12.2. The van der Waals surface area contributed by atoms with Crippen LogP contribution in [-0.4, -0.2) is 12.6 Å². The number of benzene rings is 2. The van der Waals surface area contributed by atoms with Gasteiger partial charge in [-0.25, -0.2) is 0 Å². The first kappa shape index (κ1) is 14.9. The molecule has 0 radical (unpaired) electrons. The van der Waals surface area contributed by atoms with Crippen LogP contribution >= 0.6 is 11.6 Å². The monoisotopic (exact) mass is 289 g/mol. The van der Waals surface area contributed by atoms with E-state index >= 15 is 0 Å². The highest BCUT2D eigenvalue weighted by atomic mass is 35.5. The Balaban J connectivity index is 1.89. The van der Waals surface area contributed by atoms with E-state index in [9.17, 15) is 0 Å². The molecule has 0 fully saturated rings. The Bertz CT molecular complexity index is 583. The van der Waals surface area contributed by atoms with E-state index < -0.39 is 0 Å². The summed E-state index contributed by atoms with van der Waals surface area (Å²) in [7, 11) is 0. The number of aryl methyl sites for hydroxylation is 2. The maximum absolute atomic E-state index is 6.12. The van der Waals surface area contributed by atoms with Crippen molar-refractivity contribution in [3.63, 3.8) is 0 Å². The van der Waals surface area contributed by atoms with Gasteiger partial charge in [-0.15, -0.1) is 0 Å². The predicted molar refractivity (Wildman–Crippen MR) is 84.5 cm³/mol. The van der Waals surface area contributed by atoms with Gasteiger partial charge in [-0.3, -0.25) is 0 Å². The fourth-order valence-electron chi connectivity index (χ4n) is 2.05. The van der Waals surface area contributed by atoms with Crippen LogP contribution in [0.4, 0.5) is 0 Å². The summed E-state index contributed by atoms with van der Waals surface area (Å²) < 4.78 is 5.67. The lowest BCUT2D eigenvalue weighted by Gasteiger charge is -2.14. The molecule has 0 spiro atoms. The summed E-state index contributed by atoms with van der Waals surface area (Å²) in [5, 5.41) is 0.672. The molecule has 2 rings (SSSR count). The van der Waals surface area contributed by atoms with E-state index in [1.807, 2.05) is 18.2 Å². The lowest BCUT2D eigenvalue weighted by Crippen LogP contribution is -2.30. The third-order valence-corrected chi connectivity index (χ3v) is 3.56. The molecule has 0 aliphatic rings. The number of halogens is 1. The molecule has 2 aromatic carbocycles. The predicted octanol–water partition coefficient (Wildman–Crippen LogP) is 3.91. The molecule has 3 heteroatoms. The Morgan fingerprint density at radius 3 is 2.60 bits per heavy atom. The number of rotatable bonds is 5. The molecule has 0 saturated carbocycles. The summed E-state index contributed by atoms with van der Waals surface area (Å²) in [5.74, 6) is 0.757. The molecule has 0 bridgehead atoms. The van der Waals surface area contributed by atoms with E-state index in [0.717, 1.165) is 12.2 Å². The van der Waals surface area contributed by atoms with Gasteiger partial charge in [0.15, 0.2) is 0 Å². The molecule has 0 heterocycles. The van der Waals surface area contributed by atoms with Crippen molar-refractivity contribution in [1.29, 1.82) is 0 Å². The molecular weight excluding hydrogens is 270 g/mol. The van der Waals surface area contributed by atoms with Crippen LogP contribution in [0.3, 0.4) is 0 Å². The van der Waals surface area contributed by atoms with Crippen molar-refractivity contribution in [3.8, 4) is 5.75 Å². The van der Waals surface area contributed by atoms with Crippen molar-refractivity contribution in [2.24, 2.45) is 5.73 Å². The first-order chi connectivity index (χ1) is 9.54. The second-order valence-corrected chi connectivity index (χ2v) is 5.59. The van der Waals surface area contributed by atoms with Gasteiger partial charge < -0.3 is 10.5 Å². The molecule has 20 heavy (non-hydrogen) atoms. The lowest BCUT2D eigenvalue weighted by molar-refractivity contribution is 0.287. The highest BCUT2D eigenvalue weighted by molar-refractivity contribution is 6.30. The van der Waals surface area contributed by atoms with Crippen molar-refractivity contribution < 1.29 is 4.74 Å². The molecule has 2 N–H and O–H groups in total. The minimum absolute atomic E-state index is 0.0314. The Morgan fingerprint density at radius 1 is 1.10 bits per heavy atom. The SMILES string of the molecule is Cc1ccc(CC(N)COc2cccc(Cl)c2)cc1C. The summed E-state index contributed by atoms with van der Waals surface area (Å²) >= 11 is 5.91. The summed E-state index contributed by atoms with van der Waals surface area (Å²) in [5.41, 5.74) is 9.97. The highest BCUT2D eigenvalue weighted by Gasteiger charge is 2.06. The smallest absolute Gasteiger partial charge is 0.120 e. The van der Waals surface area contributed by atoms with Crippen LogP contribution in [0.5, 0.6) is 5.75 Å². The van der Waals surface area contributed by atoms with Gasteiger partial charge >= 0.3 is 0 Å². The van der Waals surface area contributed by atoms with Gasteiger partial charge in [-0.05, 0) is 55.2 Å². The van der Waals surface area contributed by atoms with E-state index in [1.54, 1.807) is 6.07 Å². The average Bonchev–Trinajstić information content (AvgIpc) is 2.41. The molecule has 1 unspecified atom stereocenters. The van der Waals surface area contributed by atoms with Gasteiger partial charge in [0.2, 0.25) is 0 Å². The van der Waals surface area contributed by atoms with E-state index in [0.29, 0.717) is 11.6 Å². The van der Waals surface area contributed by atoms with E-state index in [1.165, 1.54) is 16.7 Å². The van der Waals surface area contributed by atoms with Gasteiger partial charge in [0, 0.05) is 11.1 Å². The molecule has 2 aromatic rings. The molecule has 106 valence electrons. The standard InChI is InChI=1S/C17H20ClNO/c1-12-6-7-14(8-13(12)2)9-16(19)11-20-17-5-3-4-15(18)10-17/h3-8,10,16H,9,11,19H2,1-2H3. The van der Waals surface area contributed by atoms with Gasteiger partial charge in [0.05, 0.1) is 0 Å². The van der Waals surface area contributed by atoms with Crippen molar-refractivity contribution >= 4 is 11.6 Å². The molecule has 2 nitrogen and oxygen atoms in total. The Morgan fingerprint density at radius 2 is 1.90 bits per heavy atom. The van der Waals surface area contributed by atoms with Crippen LogP contribution in [0.15, 0.2) is 42.5 Å². The minimum Gasteiger partial charge on any atom is -0.492 e. The molecular formula is C17H20ClNO. The van der Waals surface area contributed by atoms with Gasteiger partial charge in [0.25, 0.3) is 0 Å². The largest absolute Gasteiger partial charge is 0.492 e. The highest BCUT2D eigenvalue weighted by Crippen LogP contribution is 2.17. The molecule has 1 atom stereocenters. The quantitative estimate of drug-likeness (QED) is 0.906. The third-order valence-electron chi connectivity index (χ3n) is 3.33. The molecule has 0 saturated heterocycles. The van der Waals surface area contributed by atoms with Crippen LogP contribution in [0.25, 0.3) is 0 Å². The van der Waals surface area contributed by atoms with E-state index in [4.69, 9.17) is 22.1 Å². The van der Waals surface area contributed by atoms with Gasteiger partial charge in [0.1, 0.15) is 12.4 Å². The van der Waals surface area contributed by atoms with Crippen LogP contribution in [0.2, 0.25) is 5.02 Å². The second-order valence-electron chi connectivity index (χ2n) is 5.15. The first-order valence-electron chi connectivity index (χ1n) is 6.74. The van der Waals surface area contributed by atoms with Crippen molar-refractivity contribution in [2.45, 2.75) is 26.3 Å². The summed E-state index contributed by atoms with van der Waals surface area (Å²) in [6.45, 7) is 4.71. The zero-order valence-electron chi connectivity index (χ0n) is 11.9. The Labute approximate surface area is 125 Å². The van der Waals surface area contributed by atoms with E-state index in [-0.39, 0.29) is 6.04 Å². The first-order valence-corrected chi connectivity index (χ1v) is 7.12. The average molecular weight is 290 g/mol. The maximum Gasteiger partial charge on any atom is 0.120 e. The number of hydrogen-bond acceptors (Lipinski definition) is 2. The molecule has 0 aliphatic heterocycles. The Kier molecular flexibility index (Phi) is 5.05. The van der Waals surface area contributed by atoms with Gasteiger partial charge in [-0.1, -0.05) is 35.9 Å². The van der Waals surface area contributed by atoms with E-state index in [2.05, 4.69) is 32.0 Å². The molecule has 0 amide bonds. The van der Waals surface area contributed by atoms with Crippen molar-refractivity contribution in [2.75, 3.05) is 6.61 Å². The fourth-order valence-corrected chi connectivity index (χ4v) is 2.23. The van der Waals surface area contributed by atoms with Crippen molar-refractivity contribution in [3.05, 3.63) is 64.2 Å². The maximum atomic E-state index is 6.12. The molecule has 0 aliphatic carbocycles. The van der Waals surface area contributed by atoms with Crippen LogP contribution in [0, 0.1) is 13.8 Å². The number of ether oxygens (including phenoxy) is 1. The second kappa shape index (κ2) is 6.78. The van der Waals surface area contributed by atoms with Crippen molar-refractivity contribution in [1.82, 2.24) is 0 Å². The fraction of sp³-hybridized carbons (Fsp3) is 0.294. The summed E-state index contributed by atoms with van der Waals surface area (Å²) in [4.78, 5) is 0. The minimum atomic E-state index is -0.0314. The zero-order chi connectivity index (χ0) is 14.5. The lowest BCUT2D eigenvalue weighted by atomic mass is 10.0. The Hall–Kier alpha value is -1.51. The third kappa shape index (κ3) is 4.26. The molecule has 0 aromatic heterocycles. The van der Waals surface area contributed by atoms with Crippen LogP contribution < -0.4 is 10.5 Å². The van der Waals surface area contributed by atoms with Crippen LogP contribution in [-0.2, 0) is 6.42 Å². The zero-order valence-corrected chi connectivity index (χ0v) is 12.7.